The fourth-order valence-corrected chi connectivity index (χ4v) is 5.34. The Hall–Kier alpha value is -2.15. The molecule has 7 heteroatoms. The normalized spacial score (nSPS) is 17.3. The van der Waals surface area contributed by atoms with Crippen molar-refractivity contribution in [2.75, 3.05) is 37.7 Å². The number of aryl methyl sites for hydroxylation is 1. The Morgan fingerprint density at radius 2 is 2.13 bits per heavy atom. The number of thiazole rings is 1. The van der Waals surface area contributed by atoms with Crippen molar-refractivity contribution in [3.63, 3.8) is 0 Å². The Kier molecular flexibility index (Phi) is 7.10. The SMILES string of the molecule is CC[C@H]1CN(c2nc3ccc(Cl)cc3s2)CCN1CCOc1cc(CC=O)ccc1C. The molecule has 0 spiro atoms. The lowest BCUT2D eigenvalue weighted by molar-refractivity contribution is -0.107. The zero-order valence-corrected chi connectivity index (χ0v) is 19.6. The summed E-state index contributed by atoms with van der Waals surface area (Å²) >= 11 is 7.85. The zero-order valence-electron chi connectivity index (χ0n) is 18.0. The molecule has 1 saturated heterocycles. The van der Waals surface area contributed by atoms with Crippen LogP contribution in [0.5, 0.6) is 5.75 Å². The molecule has 0 unspecified atom stereocenters. The van der Waals surface area contributed by atoms with Crippen LogP contribution < -0.4 is 9.64 Å². The third kappa shape index (κ3) is 5.20. The summed E-state index contributed by atoms with van der Waals surface area (Å²) < 4.78 is 7.23. The first-order valence-electron chi connectivity index (χ1n) is 10.8. The molecule has 164 valence electrons. The summed E-state index contributed by atoms with van der Waals surface area (Å²) in [5.41, 5.74) is 3.11. The Bertz CT molecular complexity index is 1050. The average Bonchev–Trinajstić information content (AvgIpc) is 3.19. The smallest absolute Gasteiger partial charge is 0.186 e. The third-order valence-electron chi connectivity index (χ3n) is 5.89. The molecule has 0 N–H and O–H groups in total. The van der Waals surface area contributed by atoms with Crippen LogP contribution in [0.2, 0.25) is 5.02 Å². The number of anilines is 1. The molecule has 1 atom stereocenters. The molecule has 0 bridgehead atoms. The maximum absolute atomic E-state index is 10.8. The molecule has 1 aliphatic heterocycles. The van der Waals surface area contributed by atoms with Gasteiger partial charge in [-0.05, 0) is 48.7 Å². The Morgan fingerprint density at radius 3 is 2.94 bits per heavy atom. The van der Waals surface area contributed by atoms with Gasteiger partial charge in [0.15, 0.2) is 5.13 Å². The molecule has 1 aromatic heterocycles. The largest absolute Gasteiger partial charge is 0.492 e. The summed E-state index contributed by atoms with van der Waals surface area (Å²) in [4.78, 5) is 20.5. The van der Waals surface area contributed by atoms with Crippen molar-refractivity contribution in [3.05, 3.63) is 52.5 Å². The van der Waals surface area contributed by atoms with Crippen LogP contribution >= 0.6 is 22.9 Å². The zero-order chi connectivity index (χ0) is 21.8. The number of ether oxygens (including phenoxy) is 1. The van der Waals surface area contributed by atoms with Gasteiger partial charge in [-0.2, -0.15) is 0 Å². The number of hydrogen-bond acceptors (Lipinski definition) is 6. The summed E-state index contributed by atoms with van der Waals surface area (Å²) in [6.45, 7) is 8.73. The minimum Gasteiger partial charge on any atom is -0.492 e. The molecule has 5 nitrogen and oxygen atoms in total. The highest BCUT2D eigenvalue weighted by Crippen LogP contribution is 2.32. The summed E-state index contributed by atoms with van der Waals surface area (Å²) in [7, 11) is 0. The second-order valence-electron chi connectivity index (χ2n) is 7.97. The number of rotatable bonds is 8. The fourth-order valence-electron chi connectivity index (χ4n) is 4.07. The number of nitrogens with zero attached hydrogens (tertiary/aromatic N) is 3. The highest BCUT2D eigenvalue weighted by molar-refractivity contribution is 7.22. The Balaban J connectivity index is 1.35. The fraction of sp³-hybridized carbons (Fsp3) is 0.417. The maximum Gasteiger partial charge on any atom is 0.186 e. The third-order valence-corrected chi connectivity index (χ3v) is 7.21. The summed E-state index contributed by atoms with van der Waals surface area (Å²) in [5, 5.41) is 1.83. The predicted octanol–water partition coefficient (Wildman–Crippen LogP) is 4.98. The minimum atomic E-state index is 0.425. The molecule has 3 aromatic rings. The molecular weight excluding hydrogens is 430 g/mol. The lowest BCUT2D eigenvalue weighted by atomic mass is 10.1. The molecule has 0 saturated carbocycles. The van der Waals surface area contributed by atoms with Gasteiger partial charge in [-0.3, -0.25) is 4.90 Å². The van der Waals surface area contributed by atoms with E-state index in [0.717, 1.165) is 76.1 Å². The van der Waals surface area contributed by atoms with Crippen LogP contribution in [-0.4, -0.2) is 55.0 Å². The maximum atomic E-state index is 10.8. The highest BCUT2D eigenvalue weighted by Gasteiger charge is 2.27. The molecule has 31 heavy (non-hydrogen) atoms. The first kappa shape index (κ1) is 22.1. The van der Waals surface area contributed by atoms with Crippen molar-refractivity contribution in [2.45, 2.75) is 32.7 Å². The number of halogens is 1. The van der Waals surface area contributed by atoms with Crippen LogP contribution in [0, 0.1) is 6.92 Å². The number of aldehydes is 1. The predicted molar refractivity (Wildman–Crippen MR) is 129 cm³/mol. The molecule has 0 radical (unpaired) electrons. The second kappa shape index (κ2) is 9.98. The molecule has 0 amide bonds. The van der Waals surface area contributed by atoms with Crippen LogP contribution in [0.4, 0.5) is 5.13 Å². The van der Waals surface area contributed by atoms with Crippen molar-refractivity contribution < 1.29 is 9.53 Å². The number of carbonyl (C=O) groups excluding carboxylic acids is 1. The van der Waals surface area contributed by atoms with E-state index in [2.05, 4.69) is 16.7 Å². The van der Waals surface area contributed by atoms with Crippen molar-refractivity contribution >= 4 is 44.6 Å². The molecule has 2 heterocycles. The van der Waals surface area contributed by atoms with Gasteiger partial charge in [-0.1, -0.05) is 42.0 Å². The van der Waals surface area contributed by atoms with E-state index in [1.807, 2.05) is 43.3 Å². The van der Waals surface area contributed by atoms with Crippen LogP contribution in [-0.2, 0) is 11.2 Å². The topological polar surface area (TPSA) is 45.7 Å². The van der Waals surface area contributed by atoms with E-state index in [4.69, 9.17) is 21.3 Å². The van der Waals surface area contributed by atoms with Gasteiger partial charge in [0, 0.05) is 43.7 Å². The van der Waals surface area contributed by atoms with E-state index in [1.54, 1.807) is 11.3 Å². The summed E-state index contributed by atoms with van der Waals surface area (Å²) in [6, 6.07) is 12.3. The lowest BCUT2D eigenvalue weighted by Crippen LogP contribution is -2.54. The molecule has 0 aliphatic carbocycles. The molecule has 1 aliphatic rings. The van der Waals surface area contributed by atoms with Gasteiger partial charge < -0.3 is 14.4 Å². The van der Waals surface area contributed by atoms with E-state index < -0.39 is 0 Å². The summed E-state index contributed by atoms with van der Waals surface area (Å²) in [6.07, 6.45) is 2.44. The van der Waals surface area contributed by atoms with Gasteiger partial charge in [0.25, 0.3) is 0 Å². The average molecular weight is 458 g/mol. The first-order chi connectivity index (χ1) is 15.1. The Labute approximate surface area is 192 Å². The number of piperazine rings is 1. The number of aromatic nitrogens is 1. The first-order valence-corrected chi connectivity index (χ1v) is 12.0. The van der Waals surface area contributed by atoms with Crippen molar-refractivity contribution in [2.24, 2.45) is 0 Å². The second-order valence-corrected chi connectivity index (χ2v) is 9.42. The van der Waals surface area contributed by atoms with Gasteiger partial charge in [-0.15, -0.1) is 0 Å². The number of benzene rings is 2. The van der Waals surface area contributed by atoms with Crippen molar-refractivity contribution in [3.8, 4) is 5.75 Å². The van der Waals surface area contributed by atoms with Crippen molar-refractivity contribution in [1.29, 1.82) is 0 Å². The van der Waals surface area contributed by atoms with Gasteiger partial charge in [0.2, 0.25) is 0 Å². The van der Waals surface area contributed by atoms with Crippen molar-refractivity contribution in [1.82, 2.24) is 9.88 Å². The molecule has 2 aromatic carbocycles. The number of carbonyl (C=O) groups is 1. The van der Waals surface area contributed by atoms with Crippen LogP contribution in [0.25, 0.3) is 10.2 Å². The highest BCUT2D eigenvalue weighted by atomic mass is 35.5. The Morgan fingerprint density at radius 1 is 1.26 bits per heavy atom. The van der Waals surface area contributed by atoms with Crippen LogP contribution in [0.3, 0.4) is 0 Å². The van der Waals surface area contributed by atoms with Gasteiger partial charge in [0.05, 0.1) is 10.2 Å². The van der Waals surface area contributed by atoms with Crippen LogP contribution in [0.1, 0.15) is 24.5 Å². The van der Waals surface area contributed by atoms with Crippen LogP contribution in [0.15, 0.2) is 36.4 Å². The van der Waals surface area contributed by atoms with E-state index in [1.165, 1.54) is 0 Å². The number of hydrogen-bond donors (Lipinski definition) is 0. The quantitative estimate of drug-likeness (QED) is 0.446. The molecular formula is C24H28ClN3O2S. The van der Waals surface area contributed by atoms with E-state index in [9.17, 15) is 4.79 Å². The van der Waals surface area contributed by atoms with E-state index in [0.29, 0.717) is 19.1 Å². The number of fused-ring (bicyclic) bond motifs is 1. The monoisotopic (exact) mass is 457 g/mol. The summed E-state index contributed by atoms with van der Waals surface area (Å²) in [5.74, 6) is 0.874. The standard InChI is InChI=1S/C24H28ClN3O2S/c1-3-20-16-28(24-26-21-7-6-19(25)15-23(21)31-24)10-9-27(20)11-13-30-22-14-18(8-12-29)5-4-17(22)2/h4-7,12,14-15,20H,3,8-11,13,16H2,1-2H3/t20-/m0/s1. The van der Waals surface area contributed by atoms with Gasteiger partial charge in [-0.25, -0.2) is 4.98 Å². The lowest BCUT2D eigenvalue weighted by Gasteiger charge is -2.41. The van der Waals surface area contributed by atoms with Gasteiger partial charge in [0.1, 0.15) is 18.6 Å². The molecule has 4 rings (SSSR count). The minimum absolute atomic E-state index is 0.425. The van der Waals surface area contributed by atoms with E-state index in [-0.39, 0.29) is 0 Å². The van der Waals surface area contributed by atoms with Gasteiger partial charge >= 0.3 is 0 Å². The molecule has 1 fully saturated rings. The van der Waals surface area contributed by atoms with E-state index >= 15 is 0 Å².